The van der Waals surface area contributed by atoms with Crippen LogP contribution in [0.3, 0.4) is 0 Å². The average Bonchev–Trinajstić information content (AvgIpc) is 3.38. The summed E-state index contributed by atoms with van der Waals surface area (Å²) in [4.78, 5) is 24.0. The van der Waals surface area contributed by atoms with E-state index in [0.29, 0.717) is 17.1 Å². The quantitative estimate of drug-likeness (QED) is 0.569. The number of aromatic nitrogens is 2. The number of amides is 1. The molecule has 2 heterocycles. The smallest absolute Gasteiger partial charge is 0.337 e. The summed E-state index contributed by atoms with van der Waals surface area (Å²) < 4.78 is 17.8. The number of methoxy groups -OCH3 is 1. The number of carbonyl (C=O) groups is 2. The van der Waals surface area contributed by atoms with Crippen LogP contribution >= 0.6 is 0 Å². The van der Waals surface area contributed by atoms with Crippen molar-refractivity contribution in [1.82, 2.24) is 15.1 Å². The largest absolute Gasteiger partial charge is 0.486 e. The molecule has 0 radical (unpaired) electrons. The zero-order chi connectivity index (χ0) is 21.7. The van der Waals surface area contributed by atoms with Gasteiger partial charge in [0.15, 0.2) is 5.76 Å². The highest BCUT2D eigenvalue weighted by Crippen LogP contribution is 2.19. The maximum absolute atomic E-state index is 12.5. The summed E-state index contributed by atoms with van der Waals surface area (Å²) in [7, 11) is 1.33. The molecule has 1 atom stereocenters. The van der Waals surface area contributed by atoms with Crippen molar-refractivity contribution in [2.75, 3.05) is 7.11 Å². The zero-order valence-corrected chi connectivity index (χ0v) is 17.5. The lowest BCUT2D eigenvalue weighted by Gasteiger charge is -2.13. The van der Waals surface area contributed by atoms with Crippen molar-refractivity contribution in [3.05, 3.63) is 70.9 Å². The Morgan fingerprint density at radius 2 is 1.93 bits per heavy atom. The van der Waals surface area contributed by atoms with E-state index in [1.165, 1.54) is 7.11 Å². The molecule has 158 valence electrons. The van der Waals surface area contributed by atoms with Gasteiger partial charge in [-0.25, -0.2) is 4.79 Å². The van der Waals surface area contributed by atoms with Crippen molar-refractivity contribution in [3.63, 3.8) is 0 Å². The van der Waals surface area contributed by atoms with Gasteiger partial charge < -0.3 is 19.2 Å². The number of hydrogen-bond donors (Lipinski definition) is 1. The second kappa shape index (κ2) is 9.30. The van der Waals surface area contributed by atoms with Crippen molar-refractivity contribution in [2.45, 2.75) is 40.0 Å². The number of hydrogen-bond acceptors (Lipinski definition) is 6. The van der Waals surface area contributed by atoms with Crippen LogP contribution in [0.4, 0.5) is 0 Å². The van der Waals surface area contributed by atoms with E-state index in [9.17, 15) is 9.59 Å². The van der Waals surface area contributed by atoms with Gasteiger partial charge in [-0.2, -0.15) is 5.10 Å². The molecule has 1 aromatic carbocycles. The lowest BCUT2D eigenvalue weighted by molar-refractivity contribution is 0.0600. The molecular weight excluding hydrogens is 386 g/mol. The van der Waals surface area contributed by atoms with Gasteiger partial charge in [-0.3, -0.25) is 9.48 Å². The topological polar surface area (TPSA) is 95.6 Å². The van der Waals surface area contributed by atoms with Gasteiger partial charge in [0.25, 0.3) is 5.91 Å². The van der Waals surface area contributed by atoms with Crippen molar-refractivity contribution in [1.29, 1.82) is 0 Å². The first-order valence-electron chi connectivity index (χ1n) is 9.66. The standard InChI is InChI=1S/C22H25N3O5/c1-5-25-15(3)19(12-23-25)14(2)24-21(26)20-11-10-18(30-20)13-29-17-8-6-16(7-9-17)22(27)28-4/h6-12,14H,5,13H2,1-4H3,(H,24,26). The SMILES string of the molecule is CCn1ncc(C(C)NC(=O)c2ccc(COc3ccc(C(=O)OC)cc3)o2)c1C. The summed E-state index contributed by atoms with van der Waals surface area (Å²) in [5, 5.41) is 7.24. The minimum absolute atomic E-state index is 0.156. The average molecular weight is 411 g/mol. The number of nitrogens with zero attached hydrogens (tertiary/aromatic N) is 2. The summed E-state index contributed by atoms with van der Waals surface area (Å²) in [5.74, 6) is 0.582. The normalized spacial score (nSPS) is 11.7. The molecule has 0 bridgehead atoms. The van der Waals surface area contributed by atoms with E-state index in [0.717, 1.165) is 17.8 Å². The lowest BCUT2D eigenvalue weighted by Crippen LogP contribution is -2.26. The van der Waals surface area contributed by atoms with Crippen molar-refractivity contribution >= 4 is 11.9 Å². The molecule has 1 N–H and O–H groups in total. The molecule has 3 aromatic rings. The molecule has 2 aromatic heterocycles. The molecule has 1 unspecified atom stereocenters. The first-order valence-corrected chi connectivity index (χ1v) is 9.66. The van der Waals surface area contributed by atoms with E-state index in [1.807, 2.05) is 25.5 Å². The Labute approximate surface area is 174 Å². The van der Waals surface area contributed by atoms with Crippen LogP contribution in [-0.4, -0.2) is 28.8 Å². The summed E-state index contributed by atoms with van der Waals surface area (Å²) in [5.41, 5.74) is 2.43. The predicted molar refractivity (Wildman–Crippen MR) is 109 cm³/mol. The van der Waals surface area contributed by atoms with E-state index < -0.39 is 5.97 Å². The van der Waals surface area contributed by atoms with Crippen molar-refractivity contribution < 1.29 is 23.5 Å². The first kappa shape index (κ1) is 21.2. The van der Waals surface area contributed by atoms with E-state index in [4.69, 9.17) is 9.15 Å². The first-order chi connectivity index (χ1) is 14.4. The molecule has 30 heavy (non-hydrogen) atoms. The summed E-state index contributed by atoms with van der Waals surface area (Å²) in [6.07, 6.45) is 1.77. The number of aryl methyl sites for hydroxylation is 1. The number of esters is 1. The van der Waals surface area contributed by atoms with Gasteiger partial charge in [-0.15, -0.1) is 0 Å². The number of carbonyl (C=O) groups excluding carboxylic acids is 2. The fourth-order valence-electron chi connectivity index (χ4n) is 3.09. The highest BCUT2D eigenvalue weighted by atomic mass is 16.5. The third-order valence-corrected chi connectivity index (χ3v) is 4.80. The molecule has 0 saturated heterocycles. The Balaban J connectivity index is 1.56. The Kier molecular flexibility index (Phi) is 6.56. The monoisotopic (exact) mass is 411 g/mol. The lowest BCUT2D eigenvalue weighted by atomic mass is 10.1. The van der Waals surface area contributed by atoms with Crippen LogP contribution in [-0.2, 0) is 17.9 Å². The van der Waals surface area contributed by atoms with E-state index in [1.54, 1.807) is 42.6 Å². The Morgan fingerprint density at radius 1 is 1.20 bits per heavy atom. The molecule has 8 heteroatoms. The van der Waals surface area contributed by atoms with Crippen LogP contribution in [0.2, 0.25) is 0 Å². The summed E-state index contributed by atoms with van der Waals surface area (Å²) >= 11 is 0. The molecule has 0 saturated carbocycles. The molecule has 0 aliphatic rings. The van der Waals surface area contributed by atoms with Crippen LogP contribution in [0.1, 0.15) is 57.8 Å². The zero-order valence-electron chi connectivity index (χ0n) is 17.5. The molecule has 0 aliphatic carbocycles. The second-order valence-corrected chi connectivity index (χ2v) is 6.77. The minimum atomic E-state index is -0.408. The van der Waals surface area contributed by atoms with Crippen LogP contribution in [0, 0.1) is 6.92 Å². The molecular formula is C22H25N3O5. The van der Waals surface area contributed by atoms with Crippen molar-refractivity contribution in [2.24, 2.45) is 0 Å². The highest BCUT2D eigenvalue weighted by molar-refractivity contribution is 5.91. The van der Waals surface area contributed by atoms with Gasteiger partial charge in [0.05, 0.1) is 24.9 Å². The predicted octanol–water partition coefficient (Wildman–Crippen LogP) is 3.66. The van der Waals surface area contributed by atoms with Gasteiger partial charge in [-0.1, -0.05) is 0 Å². The summed E-state index contributed by atoms with van der Waals surface area (Å²) in [6.45, 7) is 6.84. The molecule has 3 rings (SSSR count). The van der Waals surface area contributed by atoms with Crippen LogP contribution in [0.25, 0.3) is 0 Å². The number of nitrogens with one attached hydrogen (secondary N) is 1. The van der Waals surface area contributed by atoms with E-state index in [-0.39, 0.29) is 24.3 Å². The molecule has 0 spiro atoms. The maximum atomic E-state index is 12.5. The number of ether oxygens (including phenoxy) is 2. The number of rotatable bonds is 8. The third-order valence-electron chi connectivity index (χ3n) is 4.80. The summed E-state index contributed by atoms with van der Waals surface area (Å²) in [6, 6.07) is 9.69. The van der Waals surface area contributed by atoms with Gasteiger partial charge in [0.1, 0.15) is 18.1 Å². The Hall–Kier alpha value is -3.55. The minimum Gasteiger partial charge on any atom is -0.486 e. The Morgan fingerprint density at radius 3 is 2.57 bits per heavy atom. The maximum Gasteiger partial charge on any atom is 0.337 e. The number of furan rings is 1. The molecule has 0 fully saturated rings. The van der Waals surface area contributed by atoms with Crippen LogP contribution in [0.5, 0.6) is 5.75 Å². The van der Waals surface area contributed by atoms with Crippen LogP contribution < -0.4 is 10.1 Å². The Bertz CT molecular complexity index is 1020. The fraction of sp³-hybridized carbons (Fsp3) is 0.318. The molecule has 0 aliphatic heterocycles. The van der Waals surface area contributed by atoms with Gasteiger partial charge >= 0.3 is 5.97 Å². The van der Waals surface area contributed by atoms with Crippen molar-refractivity contribution in [3.8, 4) is 5.75 Å². The third kappa shape index (κ3) is 4.71. The second-order valence-electron chi connectivity index (χ2n) is 6.77. The highest BCUT2D eigenvalue weighted by Gasteiger charge is 2.18. The number of benzene rings is 1. The van der Waals surface area contributed by atoms with E-state index in [2.05, 4.69) is 15.2 Å². The molecule has 8 nitrogen and oxygen atoms in total. The van der Waals surface area contributed by atoms with Crippen LogP contribution in [0.15, 0.2) is 47.0 Å². The van der Waals surface area contributed by atoms with E-state index >= 15 is 0 Å². The van der Waals surface area contributed by atoms with Gasteiger partial charge in [0, 0.05) is 17.8 Å². The fourth-order valence-corrected chi connectivity index (χ4v) is 3.09. The van der Waals surface area contributed by atoms with Gasteiger partial charge in [0.2, 0.25) is 0 Å². The molecule has 1 amide bonds. The van der Waals surface area contributed by atoms with Gasteiger partial charge in [-0.05, 0) is 57.2 Å².